The molecule has 2 heterocycles. The number of anilines is 2. The van der Waals surface area contributed by atoms with Crippen LogP contribution in [0.15, 0.2) is 48.5 Å². The molecule has 1 saturated heterocycles. The lowest BCUT2D eigenvalue weighted by Crippen LogP contribution is -2.42. The number of fused-ring (bicyclic) bond motifs is 1. The van der Waals surface area contributed by atoms with Gasteiger partial charge in [0.1, 0.15) is 0 Å². The average Bonchev–Trinajstić information content (AvgIpc) is 2.68. The molecule has 0 aromatic heterocycles. The fourth-order valence-corrected chi connectivity index (χ4v) is 3.77. The molecule has 25 heavy (non-hydrogen) atoms. The molecule has 2 aliphatic rings. The van der Waals surface area contributed by atoms with E-state index in [1.807, 2.05) is 23.1 Å². The van der Waals surface area contributed by atoms with E-state index in [1.54, 1.807) is 0 Å². The number of hydrogen-bond donors (Lipinski definition) is 0. The summed E-state index contributed by atoms with van der Waals surface area (Å²) >= 11 is 0. The molecule has 0 unspecified atom stereocenters. The largest absolute Gasteiger partial charge is 0.378 e. The van der Waals surface area contributed by atoms with Gasteiger partial charge in [0.05, 0.1) is 13.2 Å². The molecule has 0 radical (unpaired) electrons. The molecule has 2 aromatic rings. The highest BCUT2D eigenvalue weighted by atomic mass is 16.5. The lowest BCUT2D eigenvalue weighted by molar-refractivity contribution is 0.0975. The van der Waals surface area contributed by atoms with Crippen molar-refractivity contribution < 1.29 is 9.53 Å². The zero-order valence-corrected chi connectivity index (χ0v) is 14.6. The van der Waals surface area contributed by atoms with Gasteiger partial charge >= 0.3 is 0 Å². The summed E-state index contributed by atoms with van der Waals surface area (Å²) in [5.41, 5.74) is 4.23. The van der Waals surface area contributed by atoms with Gasteiger partial charge < -0.3 is 14.5 Å². The average molecular weight is 336 g/mol. The first-order valence-corrected chi connectivity index (χ1v) is 9.08. The quantitative estimate of drug-likeness (QED) is 0.841. The number of carbonyl (C=O) groups is 1. The second-order valence-corrected chi connectivity index (χ2v) is 6.84. The van der Waals surface area contributed by atoms with Crippen molar-refractivity contribution in [3.05, 3.63) is 59.7 Å². The number of para-hydroxylation sites is 1. The Morgan fingerprint density at radius 2 is 1.76 bits per heavy atom. The van der Waals surface area contributed by atoms with E-state index in [0.29, 0.717) is 0 Å². The number of hydrogen-bond acceptors (Lipinski definition) is 3. The molecule has 0 spiro atoms. The zero-order valence-electron chi connectivity index (χ0n) is 14.6. The van der Waals surface area contributed by atoms with Crippen LogP contribution >= 0.6 is 0 Å². The number of aryl methyl sites for hydroxylation is 1. The summed E-state index contributed by atoms with van der Waals surface area (Å²) in [4.78, 5) is 17.4. The van der Waals surface area contributed by atoms with Crippen LogP contribution in [-0.4, -0.2) is 38.3 Å². The molecule has 1 atom stereocenters. The molecular formula is C21H24N2O2. The smallest absolute Gasteiger partial charge is 0.258 e. The number of carbonyl (C=O) groups excluding carboxylic acids is 1. The van der Waals surface area contributed by atoms with E-state index in [2.05, 4.69) is 42.2 Å². The Morgan fingerprint density at radius 3 is 2.52 bits per heavy atom. The van der Waals surface area contributed by atoms with E-state index < -0.39 is 0 Å². The van der Waals surface area contributed by atoms with Crippen LogP contribution in [0.2, 0.25) is 0 Å². The molecule has 0 saturated carbocycles. The molecule has 2 aromatic carbocycles. The minimum Gasteiger partial charge on any atom is -0.378 e. The van der Waals surface area contributed by atoms with Crippen LogP contribution in [0.25, 0.3) is 0 Å². The molecule has 4 rings (SSSR count). The van der Waals surface area contributed by atoms with Crippen LogP contribution in [-0.2, 0) is 11.2 Å². The van der Waals surface area contributed by atoms with Crippen molar-refractivity contribution in [2.24, 2.45) is 0 Å². The first kappa shape index (κ1) is 16.2. The van der Waals surface area contributed by atoms with Gasteiger partial charge in [-0.1, -0.05) is 18.2 Å². The number of benzene rings is 2. The van der Waals surface area contributed by atoms with Crippen LogP contribution in [0.4, 0.5) is 11.4 Å². The van der Waals surface area contributed by atoms with E-state index in [1.165, 1.54) is 5.56 Å². The van der Waals surface area contributed by atoms with Gasteiger partial charge in [-0.2, -0.15) is 0 Å². The molecule has 130 valence electrons. The Bertz CT molecular complexity index is 751. The highest BCUT2D eigenvalue weighted by Crippen LogP contribution is 2.32. The van der Waals surface area contributed by atoms with Gasteiger partial charge in [-0.3, -0.25) is 4.79 Å². The third-order valence-electron chi connectivity index (χ3n) is 5.23. The Balaban J connectivity index is 1.58. The molecule has 0 N–H and O–H groups in total. The number of rotatable bonds is 2. The first-order valence-electron chi connectivity index (χ1n) is 9.08. The Kier molecular flexibility index (Phi) is 4.45. The lowest BCUT2D eigenvalue weighted by Gasteiger charge is -2.35. The van der Waals surface area contributed by atoms with Crippen LogP contribution in [0.3, 0.4) is 0 Å². The molecule has 4 heteroatoms. The normalized spacial score (nSPS) is 20.3. The Labute approximate surface area is 149 Å². The maximum Gasteiger partial charge on any atom is 0.258 e. The summed E-state index contributed by atoms with van der Waals surface area (Å²) in [5.74, 6) is 0.0909. The SMILES string of the molecule is C[C@H]1CCc2ccccc2N1C(=O)c1ccc(N2CCOCC2)cc1. The maximum absolute atomic E-state index is 13.2. The summed E-state index contributed by atoms with van der Waals surface area (Å²) in [6, 6.07) is 16.5. The minimum absolute atomic E-state index is 0.0909. The number of amides is 1. The lowest BCUT2D eigenvalue weighted by atomic mass is 9.95. The van der Waals surface area contributed by atoms with E-state index >= 15 is 0 Å². The van der Waals surface area contributed by atoms with Crippen molar-refractivity contribution in [3.8, 4) is 0 Å². The Morgan fingerprint density at radius 1 is 1.04 bits per heavy atom. The third-order valence-corrected chi connectivity index (χ3v) is 5.23. The summed E-state index contributed by atoms with van der Waals surface area (Å²) in [6.07, 6.45) is 2.05. The summed E-state index contributed by atoms with van der Waals surface area (Å²) in [7, 11) is 0. The molecule has 2 aliphatic heterocycles. The second kappa shape index (κ2) is 6.89. The highest BCUT2D eigenvalue weighted by Gasteiger charge is 2.28. The van der Waals surface area contributed by atoms with E-state index in [4.69, 9.17) is 4.74 Å². The molecule has 1 amide bonds. The van der Waals surface area contributed by atoms with E-state index in [-0.39, 0.29) is 11.9 Å². The standard InChI is InChI=1S/C21H24N2O2/c1-16-6-7-17-4-2-3-5-20(17)23(16)21(24)18-8-10-19(11-9-18)22-12-14-25-15-13-22/h2-5,8-11,16H,6-7,12-15H2,1H3/t16-/m0/s1. The van der Waals surface area contributed by atoms with E-state index in [9.17, 15) is 4.79 Å². The number of nitrogens with zero attached hydrogens (tertiary/aromatic N) is 2. The first-order chi connectivity index (χ1) is 12.2. The molecule has 0 aliphatic carbocycles. The summed E-state index contributed by atoms with van der Waals surface area (Å²) in [6.45, 7) is 5.48. The van der Waals surface area contributed by atoms with Crippen molar-refractivity contribution in [3.63, 3.8) is 0 Å². The summed E-state index contributed by atoms with van der Waals surface area (Å²) < 4.78 is 5.41. The van der Waals surface area contributed by atoms with Gasteiger partial charge in [-0.05, 0) is 55.7 Å². The number of morpholine rings is 1. The number of ether oxygens (including phenoxy) is 1. The topological polar surface area (TPSA) is 32.8 Å². The fraction of sp³-hybridized carbons (Fsp3) is 0.381. The van der Waals surface area contributed by atoms with Gasteiger partial charge in [0.15, 0.2) is 0 Å². The summed E-state index contributed by atoms with van der Waals surface area (Å²) in [5, 5.41) is 0. The maximum atomic E-state index is 13.2. The minimum atomic E-state index is 0.0909. The molecule has 4 nitrogen and oxygen atoms in total. The van der Waals surface area contributed by atoms with E-state index in [0.717, 1.165) is 56.1 Å². The monoisotopic (exact) mass is 336 g/mol. The van der Waals surface area contributed by atoms with Crippen molar-refractivity contribution in [1.29, 1.82) is 0 Å². The second-order valence-electron chi connectivity index (χ2n) is 6.84. The van der Waals surface area contributed by atoms with Crippen LogP contribution in [0, 0.1) is 0 Å². The van der Waals surface area contributed by atoms with Crippen molar-refractivity contribution in [1.82, 2.24) is 0 Å². The van der Waals surface area contributed by atoms with Crippen molar-refractivity contribution in [2.45, 2.75) is 25.8 Å². The third kappa shape index (κ3) is 3.14. The predicted molar refractivity (Wildman–Crippen MR) is 101 cm³/mol. The molecule has 1 fully saturated rings. The Hall–Kier alpha value is -2.33. The molecular weight excluding hydrogens is 312 g/mol. The molecule has 0 bridgehead atoms. The van der Waals surface area contributed by atoms with Crippen molar-refractivity contribution >= 4 is 17.3 Å². The highest BCUT2D eigenvalue weighted by molar-refractivity contribution is 6.07. The van der Waals surface area contributed by atoms with Crippen LogP contribution < -0.4 is 9.80 Å². The van der Waals surface area contributed by atoms with Crippen LogP contribution in [0.1, 0.15) is 29.3 Å². The van der Waals surface area contributed by atoms with Crippen molar-refractivity contribution in [2.75, 3.05) is 36.1 Å². The predicted octanol–water partition coefficient (Wildman–Crippen LogP) is 3.50. The fourth-order valence-electron chi connectivity index (χ4n) is 3.77. The van der Waals surface area contributed by atoms with Gasteiger partial charge in [-0.25, -0.2) is 0 Å². The van der Waals surface area contributed by atoms with Gasteiger partial charge in [0.25, 0.3) is 5.91 Å². The van der Waals surface area contributed by atoms with Gasteiger partial charge in [0.2, 0.25) is 0 Å². The zero-order chi connectivity index (χ0) is 17.2. The van der Waals surface area contributed by atoms with Crippen LogP contribution in [0.5, 0.6) is 0 Å². The van der Waals surface area contributed by atoms with Gasteiger partial charge in [-0.15, -0.1) is 0 Å². The van der Waals surface area contributed by atoms with Gasteiger partial charge in [0, 0.05) is 36.1 Å².